The van der Waals surface area contributed by atoms with Crippen LogP contribution in [0.4, 0.5) is 0 Å². The van der Waals surface area contributed by atoms with Crippen LogP contribution >= 0.6 is 0 Å². The van der Waals surface area contributed by atoms with Crippen LogP contribution in [0.15, 0.2) is 17.2 Å². The summed E-state index contributed by atoms with van der Waals surface area (Å²) < 4.78 is 29.9. The quantitative estimate of drug-likeness (QED) is 0.844. The topological polar surface area (TPSA) is 77.1 Å². The van der Waals surface area contributed by atoms with Gasteiger partial charge in [0.05, 0.1) is 4.90 Å². The van der Waals surface area contributed by atoms with Gasteiger partial charge in [0, 0.05) is 31.0 Å². The number of sulfonamides is 1. The second kappa shape index (κ2) is 6.50. The predicted octanol–water partition coefficient (Wildman–Crippen LogP) is 2.07. The van der Waals surface area contributed by atoms with Gasteiger partial charge in [0.15, 0.2) is 0 Å². The maximum atomic E-state index is 12.6. The first-order valence-corrected chi connectivity index (χ1v) is 9.32. The Labute approximate surface area is 128 Å². The minimum atomic E-state index is -3.46. The summed E-state index contributed by atoms with van der Waals surface area (Å²) in [6.07, 6.45) is 4.83. The average Bonchev–Trinajstić information content (AvgIpc) is 3.03. The standard InChI is InChI=1S/C15H27N3O2S/c1-4-12-6-7-15(11(12)3)17-21(19,20)14-8-13(9-16)18(5-2)10-14/h8,10-12,15,17H,4-7,9,16H2,1-3H3. The van der Waals surface area contributed by atoms with Gasteiger partial charge in [-0.25, -0.2) is 13.1 Å². The van der Waals surface area contributed by atoms with Crippen molar-refractivity contribution in [3.05, 3.63) is 18.0 Å². The zero-order valence-corrected chi connectivity index (χ0v) is 14.0. The molecule has 0 saturated heterocycles. The van der Waals surface area contributed by atoms with Gasteiger partial charge in [0.25, 0.3) is 0 Å². The highest BCUT2D eigenvalue weighted by Gasteiger charge is 2.34. The maximum absolute atomic E-state index is 12.6. The van der Waals surface area contributed by atoms with Gasteiger partial charge in [-0.1, -0.05) is 20.3 Å². The van der Waals surface area contributed by atoms with Crippen LogP contribution in [0.2, 0.25) is 0 Å². The smallest absolute Gasteiger partial charge is 0.242 e. The Bertz CT molecular complexity index is 558. The van der Waals surface area contributed by atoms with Crippen LogP contribution < -0.4 is 10.5 Å². The van der Waals surface area contributed by atoms with Gasteiger partial charge < -0.3 is 10.3 Å². The van der Waals surface area contributed by atoms with E-state index >= 15 is 0 Å². The minimum Gasteiger partial charge on any atom is -0.349 e. The van der Waals surface area contributed by atoms with Gasteiger partial charge in [-0.2, -0.15) is 0 Å². The van der Waals surface area contributed by atoms with Crippen molar-refractivity contribution in [2.45, 2.75) is 64.1 Å². The molecule has 0 bridgehead atoms. The molecule has 3 unspecified atom stereocenters. The van der Waals surface area contributed by atoms with E-state index in [2.05, 4.69) is 18.6 Å². The SMILES string of the molecule is CCC1CCC(NS(=O)(=O)c2cc(CN)n(CC)c2)C1C. The molecule has 6 heteroatoms. The van der Waals surface area contributed by atoms with Gasteiger partial charge in [-0.05, 0) is 37.7 Å². The third-order valence-corrected chi connectivity index (χ3v) is 6.34. The Hall–Kier alpha value is -0.850. The summed E-state index contributed by atoms with van der Waals surface area (Å²) in [6, 6.07) is 1.73. The molecule has 3 N–H and O–H groups in total. The molecule has 5 nitrogen and oxygen atoms in total. The molecule has 1 heterocycles. The van der Waals surface area contributed by atoms with Crippen molar-refractivity contribution in [3.8, 4) is 0 Å². The number of rotatable bonds is 6. The van der Waals surface area contributed by atoms with Crippen molar-refractivity contribution in [2.75, 3.05) is 0 Å². The highest BCUT2D eigenvalue weighted by Crippen LogP contribution is 2.34. The second-order valence-corrected chi connectivity index (χ2v) is 7.70. The molecule has 3 atom stereocenters. The number of aromatic nitrogens is 1. The third kappa shape index (κ3) is 3.33. The Morgan fingerprint density at radius 3 is 2.57 bits per heavy atom. The summed E-state index contributed by atoms with van der Waals surface area (Å²) in [6.45, 7) is 7.37. The summed E-state index contributed by atoms with van der Waals surface area (Å²) in [4.78, 5) is 0.331. The first-order valence-electron chi connectivity index (χ1n) is 7.84. The molecule has 1 aromatic rings. The third-order valence-electron chi connectivity index (χ3n) is 4.88. The fourth-order valence-corrected chi connectivity index (χ4v) is 4.82. The van der Waals surface area contributed by atoms with Crippen molar-refractivity contribution in [1.29, 1.82) is 0 Å². The Balaban J connectivity index is 2.17. The van der Waals surface area contributed by atoms with E-state index < -0.39 is 10.0 Å². The minimum absolute atomic E-state index is 0.0475. The van der Waals surface area contributed by atoms with Gasteiger partial charge in [0.2, 0.25) is 10.0 Å². The summed E-state index contributed by atoms with van der Waals surface area (Å²) in [5.74, 6) is 1.02. The van der Waals surface area contributed by atoms with Crippen LogP contribution in [0.25, 0.3) is 0 Å². The maximum Gasteiger partial charge on any atom is 0.242 e. The molecule has 0 amide bonds. The van der Waals surface area contributed by atoms with Gasteiger partial charge in [0.1, 0.15) is 0 Å². The van der Waals surface area contributed by atoms with Crippen LogP contribution in [0, 0.1) is 11.8 Å². The monoisotopic (exact) mass is 313 g/mol. The second-order valence-electron chi connectivity index (χ2n) is 5.99. The number of hydrogen-bond donors (Lipinski definition) is 2. The predicted molar refractivity (Wildman–Crippen MR) is 84.3 cm³/mol. The summed E-state index contributed by atoms with van der Waals surface area (Å²) in [7, 11) is -3.46. The Morgan fingerprint density at radius 2 is 2.10 bits per heavy atom. The van der Waals surface area contributed by atoms with Gasteiger partial charge in [-0.15, -0.1) is 0 Å². The molecule has 0 aromatic carbocycles. The largest absolute Gasteiger partial charge is 0.349 e. The van der Waals surface area contributed by atoms with Crippen LogP contribution in [0.3, 0.4) is 0 Å². The van der Waals surface area contributed by atoms with E-state index in [0.717, 1.165) is 31.5 Å². The highest BCUT2D eigenvalue weighted by atomic mass is 32.2. The van der Waals surface area contributed by atoms with Crippen LogP contribution in [0.1, 0.15) is 45.7 Å². The van der Waals surface area contributed by atoms with E-state index in [1.54, 1.807) is 12.3 Å². The number of aryl methyl sites for hydroxylation is 1. The zero-order chi connectivity index (χ0) is 15.6. The lowest BCUT2D eigenvalue weighted by molar-refractivity contribution is 0.368. The molecule has 1 aliphatic rings. The number of hydrogen-bond acceptors (Lipinski definition) is 3. The lowest BCUT2D eigenvalue weighted by Gasteiger charge is -2.20. The molecule has 1 saturated carbocycles. The Morgan fingerprint density at radius 1 is 1.38 bits per heavy atom. The number of nitrogens with one attached hydrogen (secondary N) is 1. The van der Waals surface area contributed by atoms with Crippen LogP contribution in [0.5, 0.6) is 0 Å². The van der Waals surface area contributed by atoms with E-state index in [4.69, 9.17) is 5.73 Å². The fraction of sp³-hybridized carbons (Fsp3) is 0.733. The van der Waals surface area contributed by atoms with E-state index in [1.807, 2.05) is 11.5 Å². The van der Waals surface area contributed by atoms with E-state index in [-0.39, 0.29) is 6.04 Å². The van der Waals surface area contributed by atoms with Crippen molar-refractivity contribution < 1.29 is 8.42 Å². The Kier molecular flexibility index (Phi) is 5.11. The molecule has 1 aliphatic carbocycles. The molecule has 0 spiro atoms. The lowest BCUT2D eigenvalue weighted by atomic mass is 9.94. The fourth-order valence-electron chi connectivity index (χ4n) is 3.40. The van der Waals surface area contributed by atoms with Crippen molar-refractivity contribution in [1.82, 2.24) is 9.29 Å². The van der Waals surface area contributed by atoms with Crippen molar-refractivity contribution >= 4 is 10.0 Å². The average molecular weight is 313 g/mol. The normalized spacial score (nSPS) is 26.4. The van der Waals surface area contributed by atoms with Crippen LogP contribution in [-0.4, -0.2) is 19.0 Å². The molecule has 1 fully saturated rings. The van der Waals surface area contributed by atoms with E-state index in [0.29, 0.717) is 23.3 Å². The summed E-state index contributed by atoms with van der Waals surface area (Å²) in [5, 5.41) is 0. The summed E-state index contributed by atoms with van der Waals surface area (Å²) >= 11 is 0. The van der Waals surface area contributed by atoms with Gasteiger partial charge in [-0.3, -0.25) is 0 Å². The van der Waals surface area contributed by atoms with E-state index in [9.17, 15) is 8.42 Å². The van der Waals surface area contributed by atoms with Crippen LogP contribution in [-0.2, 0) is 23.1 Å². The summed E-state index contributed by atoms with van der Waals surface area (Å²) in [5.41, 5.74) is 6.52. The van der Waals surface area contributed by atoms with E-state index in [1.165, 1.54) is 0 Å². The van der Waals surface area contributed by atoms with Crippen molar-refractivity contribution in [2.24, 2.45) is 17.6 Å². The first-order chi connectivity index (χ1) is 9.92. The van der Waals surface area contributed by atoms with Gasteiger partial charge >= 0.3 is 0 Å². The molecular formula is C15H27N3O2S. The molecule has 0 radical (unpaired) electrons. The molecular weight excluding hydrogens is 286 g/mol. The molecule has 2 rings (SSSR count). The zero-order valence-electron chi connectivity index (χ0n) is 13.2. The molecule has 0 aliphatic heterocycles. The molecule has 21 heavy (non-hydrogen) atoms. The molecule has 120 valence electrons. The highest BCUT2D eigenvalue weighted by molar-refractivity contribution is 7.89. The van der Waals surface area contributed by atoms with Crippen molar-refractivity contribution in [3.63, 3.8) is 0 Å². The molecule has 1 aromatic heterocycles. The number of nitrogens with zero attached hydrogens (tertiary/aromatic N) is 1. The number of nitrogens with two attached hydrogens (primary N) is 1. The first kappa shape index (κ1) is 16.5. The lowest BCUT2D eigenvalue weighted by Crippen LogP contribution is -2.37.